The number of halogens is 1. The van der Waals surface area contributed by atoms with Crippen molar-refractivity contribution in [2.24, 2.45) is 11.7 Å². The molecular formula is C36H39FN6O7. The van der Waals surface area contributed by atoms with E-state index >= 15 is 0 Å². The number of nitrogens with zero attached hydrogens (tertiary/aromatic N) is 2. The minimum atomic E-state index is -1.21. The summed E-state index contributed by atoms with van der Waals surface area (Å²) >= 11 is 0. The van der Waals surface area contributed by atoms with E-state index < -0.39 is 59.5 Å². The first kappa shape index (κ1) is 36.9. The molecule has 0 bridgehead atoms. The highest BCUT2D eigenvalue weighted by Crippen LogP contribution is 2.14. The molecule has 2 heterocycles. The van der Waals surface area contributed by atoms with Gasteiger partial charge in [-0.15, -0.1) is 0 Å². The first-order valence-corrected chi connectivity index (χ1v) is 15.9. The maximum Gasteiger partial charge on any atom is 0.330 e. The van der Waals surface area contributed by atoms with Gasteiger partial charge < -0.3 is 30.9 Å². The second kappa shape index (κ2) is 17.5. The molecule has 0 radical (unpaired) electrons. The number of rotatable bonds is 16. The van der Waals surface area contributed by atoms with Crippen molar-refractivity contribution in [3.05, 3.63) is 107 Å². The molecular weight excluding hydrogens is 647 g/mol. The Bertz CT molecular complexity index is 1860. The summed E-state index contributed by atoms with van der Waals surface area (Å²) in [6, 6.07) is 13.0. The highest BCUT2D eigenvalue weighted by atomic mass is 19.1. The number of aromatic nitrogens is 2. The molecule has 4 aromatic rings. The maximum atomic E-state index is 13.7. The number of pyridine rings is 1. The number of fused-ring (bicyclic) bond motifs is 1. The lowest BCUT2D eigenvalue weighted by atomic mass is 10.00. The van der Waals surface area contributed by atoms with Crippen LogP contribution in [-0.2, 0) is 36.9 Å². The highest BCUT2D eigenvalue weighted by molar-refractivity contribution is 5.97. The van der Waals surface area contributed by atoms with Crippen LogP contribution >= 0.6 is 0 Å². The van der Waals surface area contributed by atoms with Crippen molar-refractivity contribution in [3.8, 4) is 0 Å². The smallest absolute Gasteiger partial charge is 0.330 e. The summed E-state index contributed by atoms with van der Waals surface area (Å²) < 4.78 is 24.0. The lowest BCUT2D eigenvalue weighted by Crippen LogP contribution is -2.56. The lowest BCUT2D eigenvalue weighted by molar-refractivity contribution is -0.139. The van der Waals surface area contributed by atoms with Gasteiger partial charge in [0, 0.05) is 48.2 Å². The van der Waals surface area contributed by atoms with Crippen LogP contribution in [0.4, 0.5) is 4.39 Å². The van der Waals surface area contributed by atoms with Crippen LogP contribution in [0.25, 0.3) is 10.9 Å². The molecule has 0 aliphatic carbocycles. The van der Waals surface area contributed by atoms with E-state index in [2.05, 4.69) is 26.1 Å². The number of carbonyl (C=O) groups excluding carboxylic acids is 5. The van der Waals surface area contributed by atoms with E-state index in [0.29, 0.717) is 16.9 Å². The van der Waals surface area contributed by atoms with Crippen molar-refractivity contribution in [2.75, 3.05) is 0 Å². The summed E-state index contributed by atoms with van der Waals surface area (Å²) in [6.07, 6.45) is 3.98. The van der Waals surface area contributed by atoms with Crippen LogP contribution < -0.4 is 21.7 Å². The van der Waals surface area contributed by atoms with Crippen molar-refractivity contribution >= 4 is 40.5 Å². The number of nitrogens with one attached hydrogen (secondary N) is 3. The van der Waals surface area contributed by atoms with Gasteiger partial charge in [-0.3, -0.25) is 24.2 Å². The average Bonchev–Trinajstić information content (AvgIpc) is 3.53. The number of aryl methyl sites for hydroxylation is 1. The lowest BCUT2D eigenvalue weighted by Gasteiger charge is -2.26. The molecule has 262 valence electrons. The molecule has 0 spiro atoms. The molecule has 14 heteroatoms. The molecule has 4 amide bonds. The number of ether oxygens (including phenoxy) is 1. The quantitative estimate of drug-likeness (QED) is 0.101. The Morgan fingerprint density at radius 2 is 1.70 bits per heavy atom. The number of esters is 1. The molecule has 2 aromatic carbocycles. The molecule has 0 saturated heterocycles. The molecule has 13 nitrogen and oxygen atoms in total. The zero-order chi connectivity index (χ0) is 36.2. The number of hydrogen-bond acceptors (Lipinski definition) is 9. The molecule has 0 aliphatic heterocycles. The van der Waals surface area contributed by atoms with E-state index in [4.69, 9.17) is 15.0 Å². The van der Waals surface area contributed by atoms with Crippen LogP contribution in [0.3, 0.4) is 0 Å². The van der Waals surface area contributed by atoms with Gasteiger partial charge in [-0.25, -0.2) is 9.18 Å². The number of amides is 4. The minimum Gasteiger partial charge on any atom is -0.458 e. The average molecular weight is 687 g/mol. The Balaban J connectivity index is 1.47. The molecule has 4 rings (SSSR count). The topological polar surface area (TPSA) is 196 Å². The third kappa shape index (κ3) is 11.1. The maximum absolute atomic E-state index is 13.7. The van der Waals surface area contributed by atoms with Crippen LogP contribution in [-0.4, -0.2) is 57.9 Å². The van der Waals surface area contributed by atoms with E-state index in [9.17, 15) is 28.4 Å². The van der Waals surface area contributed by atoms with Gasteiger partial charge in [0.05, 0.1) is 5.52 Å². The van der Waals surface area contributed by atoms with E-state index in [-0.39, 0.29) is 31.6 Å². The van der Waals surface area contributed by atoms with Crippen molar-refractivity contribution in [1.82, 2.24) is 26.1 Å². The van der Waals surface area contributed by atoms with Gasteiger partial charge in [0.15, 0.2) is 5.69 Å². The predicted octanol–water partition coefficient (Wildman–Crippen LogP) is 3.20. The Hall–Kier alpha value is -5.92. The fourth-order valence-corrected chi connectivity index (χ4v) is 4.94. The Kier molecular flexibility index (Phi) is 12.9. The van der Waals surface area contributed by atoms with Crippen LogP contribution in [0.5, 0.6) is 0 Å². The molecule has 2 aromatic heterocycles. The van der Waals surface area contributed by atoms with Gasteiger partial charge in [-0.05, 0) is 49.1 Å². The van der Waals surface area contributed by atoms with Crippen LogP contribution in [0.15, 0.2) is 83.5 Å². The first-order chi connectivity index (χ1) is 23.9. The SMILES string of the molecule is Cc1cc(C(=O)N[C@H](C(=O)N[C@@H](Cc2ccc(F)cc2)C(=O)N[C@@H](/C=C/C(=O)OCc2cnc3ccccc3c2)CCC(N)=O)C(C)C)no1. The highest BCUT2D eigenvalue weighted by Gasteiger charge is 2.30. The van der Waals surface area contributed by atoms with Gasteiger partial charge in [-0.1, -0.05) is 55.4 Å². The van der Waals surface area contributed by atoms with Crippen molar-refractivity contribution in [3.63, 3.8) is 0 Å². The van der Waals surface area contributed by atoms with Gasteiger partial charge in [-0.2, -0.15) is 0 Å². The normalized spacial score (nSPS) is 13.1. The van der Waals surface area contributed by atoms with Crippen molar-refractivity contribution < 1.29 is 37.6 Å². The fraction of sp³-hybridized carbons (Fsp3) is 0.306. The Morgan fingerprint density at radius 3 is 2.38 bits per heavy atom. The zero-order valence-corrected chi connectivity index (χ0v) is 27.9. The number of para-hydroxylation sites is 1. The number of nitrogens with two attached hydrogens (primary N) is 1. The number of hydrogen-bond donors (Lipinski definition) is 4. The summed E-state index contributed by atoms with van der Waals surface area (Å²) in [5, 5.41) is 12.6. The Labute approximate surface area is 287 Å². The summed E-state index contributed by atoms with van der Waals surface area (Å²) in [4.78, 5) is 68.6. The van der Waals surface area contributed by atoms with Gasteiger partial charge >= 0.3 is 5.97 Å². The van der Waals surface area contributed by atoms with Gasteiger partial charge in [0.2, 0.25) is 17.7 Å². The number of primary amides is 1. The van der Waals surface area contributed by atoms with E-state index in [1.165, 1.54) is 36.4 Å². The van der Waals surface area contributed by atoms with Crippen molar-refractivity contribution in [1.29, 1.82) is 0 Å². The number of carbonyl (C=O) groups is 5. The second-order valence-electron chi connectivity index (χ2n) is 12.0. The van der Waals surface area contributed by atoms with E-state index in [1.54, 1.807) is 27.0 Å². The summed E-state index contributed by atoms with van der Waals surface area (Å²) in [5.74, 6) is -3.77. The van der Waals surface area contributed by atoms with Gasteiger partial charge in [0.25, 0.3) is 5.91 Å². The molecule has 0 saturated carbocycles. The van der Waals surface area contributed by atoms with Crippen LogP contribution in [0.1, 0.15) is 54.1 Å². The monoisotopic (exact) mass is 686 g/mol. The molecule has 0 fully saturated rings. The first-order valence-electron chi connectivity index (χ1n) is 15.9. The standard InChI is InChI=1S/C36H39FN6O7/c1-21(2)33(42-35(47)30-16-22(3)50-43-30)36(48)41-29(18-23-8-10-26(37)11-9-23)34(46)40-27(12-14-31(38)44)13-15-32(45)49-20-24-17-25-6-4-5-7-28(25)39-19-24/h4-11,13,15-17,19,21,27,29,33H,12,14,18,20H2,1-3H3,(H2,38,44)(H,40,46)(H,41,48)(H,42,47)/b15-13+/t27-,29+,33+/m1/s1. The van der Waals surface area contributed by atoms with Crippen LogP contribution in [0, 0.1) is 18.7 Å². The summed E-state index contributed by atoms with van der Waals surface area (Å²) in [7, 11) is 0. The molecule has 0 aliphatic rings. The third-order valence-corrected chi connectivity index (χ3v) is 7.60. The van der Waals surface area contributed by atoms with E-state index in [1.807, 2.05) is 30.3 Å². The molecule has 3 atom stereocenters. The van der Waals surface area contributed by atoms with E-state index in [0.717, 1.165) is 17.0 Å². The number of benzene rings is 2. The van der Waals surface area contributed by atoms with Crippen LogP contribution in [0.2, 0.25) is 0 Å². The third-order valence-electron chi connectivity index (χ3n) is 7.60. The fourth-order valence-electron chi connectivity index (χ4n) is 4.94. The molecule has 5 N–H and O–H groups in total. The molecule has 0 unspecified atom stereocenters. The largest absolute Gasteiger partial charge is 0.458 e. The second-order valence-corrected chi connectivity index (χ2v) is 12.0. The summed E-state index contributed by atoms with van der Waals surface area (Å²) in [6.45, 7) is 5.00. The minimum absolute atomic E-state index is 0.0157. The molecule has 50 heavy (non-hydrogen) atoms. The predicted molar refractivity (Wildman–Crippen MR) is 180 cm³/mol. The Morgan fingerprint density at radius 1 is 0.960 bits per heavy atom. The zero-order valence-electron chi connectivity index (χ0n) is 27.9. The summed E-state index contributed by atoms with van der Waals surface area (Å²) in [5.41, 5.74) is 7.35. The van der Waals surface area contributed by atoms with Gasteiger partial charge in [0.1, 0.15) is 30.3 Å². The van der Waals surface area contributed by atoms with Crippen molar-refractivity contribution in [2.45, 2.75) is 64.8 Å².